The summed E-state index contributed by atoms with van der Waals surface area (Å²) in [5.74, 6) is 1.31. The average molecular weight is 512 g/mol. The lowest BCUT2D eigenvalue weighted by Crippen LogP contribution is -2.36. The summed E-state index contributed by atoms with van der Waals surface area (Å²) < 4.78 is 25.6. The molecule has 7 heteroatoms. The number of benzene rings is 3. The number of nitrogens with zero attached hydrogens (tertiary/aromatic N) is 3. The predicted molar refractivity (Wildman–Crippen MR) is 144 cm³/mol. The maximum Gasteiger partial charge on any atom is 0.192 e. The number of hydrogen-bond acceptors (Lipinski definition) is 6. The van der Waals surface area contributed by atoms with E-state index in [1.54, 1.807) is 19.2 Å². The van der Waals surface area contributed by atoms with Gasteiger partial charge < -0.3 is 9.15 Å². The number of likely N-dealkylation sites (tertiary alicyclic amines) is 1. The average Bonchev–Trinajstić information content (AvgIpc) is 3.51. The van der Waals surface area contributed by atoms with Crippen molar-refractivity contribution in [1.29, 1.82) is 0 Å². The van der Waals surface area contributed by atoms with E-state index in [1.807, 2.05) is 43.3 Å². The van der Waals surface area contributed by atoms with Crippen LogP contribution in [0.3, 0.4) is 0 Å². The van der Waals surface area contributed by atoms with Crippen LogP contribution >= 0.6 is 0 Å². The molecule has 0 bridgehead atoms. The number of ketones is 1. The minimum absolute atomic E-state index is 0.135. The number of hydrogen-bond donors (Lipinski definition) is 0. The lowest BCUT2D eigenvalue weighted by molar-refractivity contribution is 0.0911. The number of Topliss-reactive ketones (excluding diaryl/α,β-unsaturated/α-hetero) is 1. The Morgan fingerprint density at radius 2 is 2.08 bits per heavy atom. The number of ether oxygens (including phenoxy) is 1. The van der Waals surface area contributed by atoms with Crippen molar-refractivity contribution < 1.29 is 18.3 Å². The van der Waals surface area contributed by atoms with E-state index in [9.17, 15) is 9.18 Å². The molecule has 2 aliphatic heterocycles. The molecule has 0 unspecified atom stereocenters. The number of aromatic nitrogens is 1. The van der Waals surface area contributed by atoms with E-state index in [1.165, 1.54) is 6.07 Å². The summed E-state index contributed by atoms with van der Waals surface area (Å²) in [5, 5.41) is 0. The van der Waals surface area contributed by atoms with Gasteiger partial charge in [-0.3, -0.25) is 14.7 Å². The van der Waals surface area contributed by atoms with Crippen molar-refractivity contribution in [2.75, 3.05) is 20.2 Å². The van der Waals surface area contributed by atoms with Gasteiger partial charge >= 0.3 is 0 Å². The van der Waals surface area contributed by atoms with Crippen LogP contribution in [0.1, 0.15) is 57.8 Å². The van der Waals surface area contributed by atoms with Crippen LogP contribution in [0, 0.1) is 18.7 Å². The second-order valence-corrected chi connectivity index (χ2v) is 10.2. The highest BCUT2D eigenvalue weighted by molar-refractivity contribution is 6.16. The molecule has 1 fully saturated rings. The quantitative estimate of drug-likeness (QED) is 0.280. The normalized spacial score (nSPS) is 17.4. The topological polar surface area (TPSA) is 67.9 Å². The summed E-state index contributed by atoms with van der Waals surface area (Å²) >= 11 is 0. The molecule has 1 atom stereocenters. The minimum Gasteiger partial charge on any atom is -0.496 e. The third-order valence-electron chi connectivity index (χ3n) is 7.62. The van der Waals surface area contributed by atoms with Gasteiger partial charge in [-0.15, -0.1) is 0 Å². The number of rotatable bonds is 7. The fourth-order valence-electron chi connectivity index (χ4n) is 5.74. The molecule has 6 rings (SSSR count). The second kappa shape index (κ2) is 10.1. The number of carbonyl (C=O) groups excluding carboxylic acids is 1. The van der Waals surface area contributed by atoms with Crippen LogP contribution in [0.25, 0.3) is 11.1 Å². The van der Waals surface area contributed by atoms with Crippen molar-refractivity contribution in [2.24, 2.45) is 10.9 Å². The van der Waals surface area contributed by atoms with Gasteiger partial charge in [0.2, 0.25) is 0 Å². The van der Waals surface area contributed by atoms with Crippen LogP contribution in [0.15, 0.2) is 64.0 Å². The lowest BCUT2D eigenvalue weighted by Gasteiger charge is -2.33. The Bertz CT molecular complexity index is 1560. The fraction of sp³-hybridized carbons (Fsp3) is 0.323. The van der Waals surface area contributed by atoms with Crippen molar-refractivity contribution in [3.8, 4) is 5.75 Å². The highest BCUT2D eigenvalue weighted by atomic mass is 19.1. The number of fused-ring (bicyclic) bond motifs is 2. The highest BCUT2D eigenvalue weighted by Gasteiger charge is 2.26. The smallest absolute Gasteiger partial charge is 0.192 e. The zero-order chi connectivity index (χ0) is 26.2. The van der Waals surface area contributed by atoms with Crippen molar-refractivity contribution in [2.45, 2.75) is 39.3 Å². The molecular weight excluding hydrogens is 481 g/mol. The third kappa shape index (κ3) is 4.74. The van der Waals surface area contributed by atoms with Crippen LogP contribution in [-0.4, -0.2) is 41.6 Å². The number of aryl methyl sites for hydroxylation is 1. The maximum atomic E-state index is 14.5. The molecule has 4 aromatic rings. The Labute approximate surface area is 221 Å². The molecule has 38 heavy (non-hydrogen) atoms. The zero-order valence-electron chi connectivity index (χ0n) is 21.7. The lowest BCUT2D eigenvalue weighted by atomic mass is 9.89. The van der Waals surface area contributed by atoms with Gasteiger partial charge in [0.15, 0.2) is 17.3 Å². The van der Waals surface area contributed by atoms with Crippen molar-refractivity contribution in [1.82, 2.24) is 9.88 Å². The molecule has 0 spiro atoms. The first kappa shape index (κ1) is 24.5. The monoisotopic (exact) mass is 511 g/mol. The molecule has 194 valence electrons. The molecule has 3 heterocycles. The Kier molecular flexibility index (Phi) is 6.54. The number of carbonyl (C=O) groups is 1. The summed E-state index contributed by atoms with van der Waals surface area (Å²) in [5.41, 5.74) is 6.81. The summed E-state index contributed by atoms with van der Waals surface area (Å²) in [7, 11) is 1.57. The van der Waals surface area contributed by atoms with E-state index in [-0.39, 0.29) is 17.5 Å². The summed E-state index contributed by atoms with van der Waals surface area (Å²) in [6, 6.07) is 16.8. The molecule has 0 amide bonds. The minimum atomic E-state index is -0.254. The molecule has 2 aliphatic rings. The molecule has 0 N–H and O–H groups in total. The van der Waals surface area contributed by atoms with Gasteiger partial charge in [-0.1, -0.05) is 24.3 Å². The van der Waals surface area contributed by atoms with Gasteiger partial charge in [0.25, 0.3) is 0 Å². The highest BCUT2D eigenvalue weighted by Crippen LogP contribution is 2.30. The standard InChI is InChI=1S/C31H30FN3O3/c1-19-34-27-11-10-22(15-30(27)38-19)31-24-14-21(8-9-23(24)16-33-31)28(36)13-20-5-4-12-35(17-20)18-25-26(32)6-3-7-29(25)37-2/h3,6-11,14-15,20H,4-5,12-13,16-18H2,1-2H3/t20-/m0/s1. The van der Waals surface area contributed by atoms with Crippen LogP contribution in [0.2, 0.25) is 0 Å². The van der Waals surface area contributed by atoms with E-state index < -0.39 is 0 Å². The van der Waals surface area contributed by atoms with Gasteiger partial charge in [0, 0.05) is 48.7 Å². The van der Waals surface area contributed by atoms with Crippen molar-refractivity contribution in [3.63, 3.8) is 0 Å². The largest absolute Gasteiger partial charge is 0.496 e. The van der Waals surface area contributed by atoms with Gasteiger partial charge in [-0.05, 0) is 61.2 Å². The van der Waals surface area contributed by atoms with Gasteiger partial charge in [-0.2, -0.15) is 0 Å². The summed E-state index contributed by atoms with van der Waals surface area (Å²) in [4.78, 5) is 24.8. The SMILES string of the molecule is COc1cccc(F)c1CN1CCC[C@@H](CC(=O)c2ccc3c(c2)C(c2ccc4nc(C)oc4c2)=NC3)C1. The number of aliphatic imine (C=N–C) groups is 1. The third-order valence-corrected chi connectivity index (χ3v) is 7.62. The van der Waals surface area contributed by atoms with E-state index >= 15 is 0 Å². The Balaban J connectivity index is 1.16. The first-order valence-corrected chi connectivity index (χ1v) is 13.1. The van der Waals surface area contributed by atoms with Gasteiger partial charge in [-0.25, -0.2) is 9.37 Å². The molecule has 6 nitrogen and oxygen atoms in total. The molecule has 3 aromatic carbocycles. The fourth-order valence-corrected chi connectivity index (χ4v) is 5.74. The van der Waals surface area contributed by atoms with Crippen LogP contribution in [0.4, 0.5) is 4.39 Å². The molecule has 0 radical (unpaired) electrons. The van der Waals surface area contributed by atoms with E-state index in [2.05, 4.69) is 9.88 Å². The number of oxazole rings is 1. The van der Waals surface area contributed by atoms with Crippen molar-refractivity contribution >= 4 is 22.6 Å². The Morgan fingerprint density at radius 3 is 2.95 bits per heavy atom. The molecule has 1 saturated heterocycles. The zero-order valence-corrected chi connectivity index (χ0v) is 21.7. The predicted octanol–water partition coefficient (Wildman–Crippen LogP) is 6.12. The van der Waals surface area contributed by atoms with Gasteiger partial charge in [0.05, 0.1) is 19.4 Å². The van der Waals surface area contributed by atoms with Crippen LogP contribution in [-0.2, 0) is 13.1 Å². The summed E-state index contributed by atoms with van der Waals surface area (Å²) in [6.45, 7) is 4.56. The maximum absolute atomic E-state index is 14.5. The molecule has 1 aromatic heterocycles. The summed E-state index contributed by atoms with van der Waals surface area (Å²) in [6.07, 6.45) is 2.45. The molecule has 0 saturated carbocycles. The van der Waals surface area contributed by atoms with E-state index in [4.69, 9.17) is 14.1 Å². The Hall–Kier alpha value is -3.84. The number of halogens is 1. The van der Waals surface area contributed by atoms with Gasteiger partial charge in [0.1, 0.15) is 17.1 Å². The first-order chi connectivity index (χ1) is 18.5. The second-order valence-electron chi connectivity index (χ2n) is 10.2. The van der Waals surface area contributed by atoms with E-state index in [0.29, 0.717) is 42.3 Å². The van der Waals surface area contributed by atoms with E-state index in [0.717, 1.165) is 59.4 Å². The molecular formula is C31H30FN3O3. The number of methoxy groups -OCH3 is 1. The first-order valence-electron chi connectivity index (χ1n) is 13.1. The Morgan fingerprint density at radius 1 is 1.18 bits per heavy atom. The molecule has 0 aliphatic carbocycles. The number of piperidine rings is 1. The van der Waals surface area contributed by atoms with Crippen LogP contribution < -0.4 is 4.74 Å². The van der Waals surface area contributed by atoms with Crippen molar-refractivity contribution in [3.05, 3.63) is 94.1 Å². The van der Waals surface area contributed by atoms with Crippen LogP contribution in [0.5, 0.6) is 5.75 Å².